The third-order valence-electron chi connectivity index (χ3n) is 1.43. The van der Waals surface area contributed by atoms with Crippen LogP contribution in [0.4, 0.5) is 0 Å². The number of aliphatic hydroxyl groups excluding tert-OH is 2. The van der Waals surface area contributed by atoms with Gasteiger partial charge >= 0.3 is 0 Å². The van der Waals surface area contributed by atoms with Gasteiger partial charge in [-0.05, 0) is 13.3 Å². The lowest BCUT2D eigenvalue weighted by atomic mass is 10.2. The highest BCUT2D eigenvalue weighted by Crippen LogP contribution is 1.90. The molecule has 3 nitrogen and oxygen atoms in total. The predicted molar refractivity (Wildman–Crippen MR) is 45.4 cm³/mol. The van der Waals surface area contributed by atoms with Crippen molar-refractivity contribution in [2.75, 3.05) is 13.2 Å². The first-order chi connectivity index (χ1) is 5.20. The van der Waals surface area contributed by atoms with Crippen LogP contribution in [-0.4, -0.2) is 35.5 Å². The van der Waals surface area contributed by atoms with Gasteiger partial charge in [0.2, 0.25) is 0 Å². The number of nitrogens with one attached hydrogen (secondary N) is 1. The maximum Gasteiger partial charge on any atom is 0.0895 e. The van der Waals surface area contributed by atoms with Crippen LogP contribution in [0.2, 0.25) is 0 Å². The van der Waals surface area contributed by atoms with E-state index in [4.69, 9.17) is 10.2 Å². The maximum absolute atomic E-state index is 8.94. The van der Waals surface area contributed by atoms with Crippen molar-refractivity contribution in [3.63, 3.8) is 0 Å². The van der Waals surface area contributed by atoms with Gasteiger partial charge in [0.05, 0.1) is 12.7 Å². The fraction of sp³-hybridized carbons (Fsp3) is 0.750. The van der Waals surface area contributed by atoms with E-state index in [1.165, 1.54) is 0 Å². The molecule has 0 bridgehead atoms. The molecule has 0 heterocycles. The third-order valence-corrected chi connectivity index (χ3v) is 1.43. The van der Waals surface area contributed by atoms with E-state index in [9.17, 15) is 0 Å². The molecule has 0 rings (SSSR count). The van der Waals surface area contributed by atoms with Gasteiger partial charge in [-0.2, -0.15) is 0 Å². The Kier molecular flexibility index (Phi) is 6.12. The molecule has 0 radical (unpaired) electrons. The summed E-state index contributed by atoms with van der Waals surface area (Å²) in [4.78, 5) is 0. The van der Waals surface area contributed by atoms with Gasteiger partial charge in [0, 0.05) is 12.6 Å². The summed E-state index contributed by atoms with van der Waals surface area (Å²) in [5, 5.41) is 20.5. The van der Waals surface area contributed by atoms with E-state index in [-0.39, 0.29) is 6.61 Å². The van der Waals surface area contributed by atoms with E-state index in [2.05, 4.69) is 11.9 Å². The summed E-state index contributed by atoms with van der Waals surface area (Å²) in [5.74, 6) is 0. The van der Waals surface area contributed by atoms with E-state index in [0.29, 0.717) is 12.6 Å². The summed E-state index contributed by atoms with van der Waals surface area (Å²) >= 11 is 0. The molecule has 66 valence electrons. The van der Waals surface area contributed by atoms with Gasteiger partial charge in [-0.25, -0.2) is 0 Å². The van der Waals surface area contributed by atoms with E-state index < -0.39 is 6.10 Å². The van der Waals surface area contributed by atoms with Crippen LogP contribution in [0.1, 0.15) is 13.3 Å². The fourth-order valence-corrected chi connectivity index (χ4v) is 0.735. The maximum atomic E-state index is 8.94. The minimum atomic E-state index is -0.651. The standard InChI is InChI=1S/C8H17NO2/c1-3-4-7(2)9-5-8(11)6-10/h3,7-11H,1,4-6H2,2H3. The van der Waals surface area contributed by atoms with Gasteiger partial charge in [-0.3, -0.25) is 0 Å². The SMILES string of the molecule is C=CCC(C)NCC(O)CO. The second kappa shape index (κ2) is 6.34. The van der Waals surface area contributed by atoms with Gasteiger partial charge in [-0.1, -0.05) is 6.08 Å². The molecule has 0 aromatic heterocycles. The summed E-state index contributed by atoms with van der Waals surface area (Å²) in [7, 11) is 0. The van der Waals surface area contributed by atoms with Crippen molar-refractivity contribution < 1.29 is 10.2 Å². The molecule has 0 aliphatic heterocycles. The lowest BCUT2D eigenvalue weighted by molar-refractivity contribution is 0.0924. The van der Waals surface area contributed by atoms with E-state index in [0.717, 1.165) is 6.42 Å². The Morgan fingerprint density at radius 2 is 2.27 bits per heavy atom. The molecule has 2 unspecified atom stereocenters. The quantitative estimate of drug-likeness (QED) is 0.474. The number of rotatable bonds is 6. The highest BCUT2D eigenvalue weighted by molar-refractivity contribution is 4.75. The molecule has 3 heteroatoms. The zero-order valence-corrected chi connectivity index (χ0v) is 6.95. The second-order valence-electron chi connectivity index (χ2n) is 2.67. The molecule has 11 heavy (non-hydrogen) atoms. The molecule has 0 fully saturated rings. The lowest BCUT2D eigenvalue weighted by Crippen LogP contribution is -2.35. The third kappa shape index (κ3) is 6.04. The summed E-state index contributed by atoms with van der Waals surface area (Å²) in [5.41, 5.74) is 0. The predicted octanol–water partition coefficient (Wildman–Crippen LogP) is -0.106. The molecule has 0 aromatic carbocycles. The Labute approximate surface area is 67.7 Å². The first-order valence-corrected chi connectivity index (χ1v) is 3.84. The molecular weight excluding hydrogens is 142 g/mol. The molecule has 0 aliphatic rings. The molecule has 0 aliphatic carbocycles. The summed E-state index contributed by atoms with van der Waals surface area (Å²) < 4.78 is 0. The van der Waals surface area contributed by atoms with Crippen molar-refractivity contribution in [3.8, 4) is 0 Å². The zero-order valence-electron chi connectivity index (χ0n) is 6.95. The number of hydrogen-bond donors (Lipinski definition) is 3. The fourth-order valence-electron chi connectivity index (χ4n) is 0.735. The van der Waals surface area contributed by atoms with Crippen LogP contribution in [0.25, 0.3) is 0 Å². The van der Waals surface area contributed by atoms with Crippen LogP contribution >= 0.6 is 0 Å². The Balaban J connectivity index is 3.29. The van der Waals surface area contributed by atoms with Crippen LogP contribution in [0, 0.1) is 0 Å². The largest absolute Gasteiger partial charge is 0.394 e. The van der Waals surface area contributed by atoms with Crippen molar-refractivity contribution >= 4 is 0 Å². The van der Waals surface area contributed by atoms with E-state index >= 15 is 0 Å². The topological polar surface area (TPSA) is 52.5 Å². The second-order valence-corrected chi connectivity index (χ2v) is 2.67. The number of hydrogen-bond acceptors (Lipinski definition) is 3. The van der Waals surface area contributed by atoms with Crippen LogP contribution in [0.3, 0.4) is 0 Å². The van der Waals surface area contributed by atoms with Gasteiger partial charge in [0.25, 0.3) is 0 Å². The molecule has 0 amide bonds. The molecule has 0 saturated heterocycles. The van der Waals surface area contributed by atoms with Gasteiger partial charge < -0.3 is 15.5 Å². The van der Waals surface area contributed by atoms with Gasteiger partial charge in [0.15, 0.2) is 0 Å². The highest BCUT2D eigenvalue weighted by atomic mass is 16.3. The lowest BCUT2D eigenvalue weighted by Gasteiger charge is -2.13. The summed E-state index contributed by atoms with van der Waals surface area (Å²) in [6.07, 6.45) is 2.04. The molecule has 0 spiro atoms. The normalized spacial score (nSPS) is 15.9. The Hall–Kier alpha value is -0.380. The van der Waals surface area contributed by atoms with Crippen molar-refractivity contribution in [2.24, 2.45) is 0 Å². The first-order valence-electron chi connectivity index (χ1n) is 3.84. The molecule has 0 saturated carbocycles. The monoisotopic (exact) mass is 159 g/mol. The van der Waals surface area contributed by atoms with E-state index in [1.54, 1.807) is 0 Å². The summed E-state index contributed by atoms with van der Waals surface area (Å²) in [6, 6.07) is 0.314. The average molecular weight is 159 g/mol. The van der Waals surface area contributed by atoms with Gasteiger partial charge in [-0.15, -0.1) is 6.58 Å². The molecular formula is C8H17NO2. The molecule has 3 N–H and O–H groups in total. The van der Waals surface area contributed by atoms with E-state index in [1.807, 2.05) is 13.0 Å². The highest BCUT2D eigenvalue weighted by Gasteiger charge is 2.03. The summed E-state index contributed by atoms with van der Waals surface area (Å²) in [6.45, 7) is 5.85. The Bertz CT molecular complexity index is 106. The zero-order chi connectivity index (χ0) is 8.69. The molecule has 0 aromatic rings. The van der Waals surface area contributed by atoms with Crippen molar-refractivity contribution in [3.05, 3.63) is 12.7 Å². The van der Waals surface area contributed by atoms with Gasteiger partial charge in [0.1, 0.15) is 0 Å². The van der Waals surface area contributed by atoms with Crippen molar-refractivity contribution in [2.45, 2.75) is 25.5 Å². The minimum Gasteiger partial charge on any atom is -0.394 e. The first kappa shape index (κ1) is 10.6. The minimum absolute atomic E-state index is 0.187. The van der Waals surface area contributed by atoms with Crippen molar-refractivity contribution in [1.29, 1.82) is 0 Å². The Morgan fingerprint density at radius 3 is 2.73 bits per heavy atom. The van der Waals surface area contributed by atoms with Crippen LogP contribution in [0.5, 0.6) is 0 Å². The smallest absolute Gasteiger partial charge is 0.0895 e. The van der Waals surface area contributed by atoms with Crippen molar-refractivity contribution in [1.82, 2.24) is 5.32 Å². The van der Waals surface area contributed by atoms with Crippen LogP contribution in [-0.2, 0) is 0 Å². The van der Waals surface area contributed by atoms with Crippen LogP contribution in [0.15, 0.2) is 12.7 Å². The molecule has 2 atom stereocenters. The number of aliphatic hydroxyl groups is 2. The van der Waals surface area contributed by atoms with Crippen LogP contribution < -0.4 is 5.32 Å². The average Bonchev–Trinajstić information content (AvgIpc) is 2.01. The Morgan fingerprint density at radius 1 is 1.64 bits per heavy atom.